The number of aromatic amines is 1. The Balaban J connectivity index is 1.70. The van der Waals surface area contributed by atoms with Gasteiger partial charge in [0.1, 0.15) is 18.2 Å². The van der Waals surface area contributed by atoms with E-state index in [0.717, 1.165) is 18.5 Å². The molecule has 0 aliphatic heterocycles. The molecule has 3 rings (SSSR count). The monoisotopic (exact) mass is 343 g/mol. The van der Waals surface area contributed by atoms with E-state index < -0.39 is 5.82 Å². The number of carbonyl (C=O) groups excluding carboxylic acids is 1. The molecule has 0 unspecified atom stereocenters. The molecule has 5 nitrogen and oxygen atoms in total. The van der Waals surface area contributed by atoms with Crippen molar-refractivity contribution in [3.63, 3.8) is 0 Å². The van der Waals surface area contributed by atoms with Crippen LogP contribution in [0.1, 0.15) is 32.4 Å². The van der Waals surface area contributed by atoms with Gasteiger partial charge < -0.3 is 20.4 Å². The van der Waals surface area contributed by atoms with Gasteiger partial charge in [0.25, 0.3) is 0 Å². The number of benzene rings is 1. The van der Waals surface area contributed by atoms with E-state index in [1.54, 1.807) is 24.3 Å². The van der Waals surface area contributed by atoms with Crippen LogP contribution in [0.3, 0.4) is 0 Å². The summed E-state index contributed by atoms with van der Waals surface area (Å²) in [4.78, 5) is 15.1. The molecular weight excluding hydrogens is 321 g/mol. The molecule has 132 valence electrons. The summed E-state index contributed by atoms with van der Waals surface area (Å²) in [5, 5.41) is 11.0. The van der Waals surface area contributed by atoms with Gasteiger partial charge >= 0.3 is 0 Å². The first-order valence-corrected chi connectivity index (χ1v) is 8.34. The first kappa shape index (κ1) is 17.2. The molecule has 1 fully saturated rings. The SMILES string of the molecule is C/C=C\C(=N)COc1cc(F)c2cc(CNC(=O)C3(C)CC3)[nH]c2c1. The normalized spacial score (nSPS) is 15.5. The molecule has 2 aromatic rings. The molecular formula is C19H22FN3O2. The van der Waals surface area contributed by atoms with Crippen LogP contribution in [-0.4, -0.2) is 23.2 Å². The summed E-state index contributed by atoms with van der Waals surface area (Å²) < 4.78 is 19.7. The Morgan fingerprint density at radius 1 is 1.44 bits per heavy atom. The number of carbonyl (C=O) groups is 1. The van der Waals surface area contributed by atoms with Crippen LogP contribution in [0.2, 0.25) is 0 Å². The minimum absolute atomic E-state index is 0.0399. The van der Waals surface area contributed by atoms with Crippen LogP contribution in [-0.2, 0) is 11.3 Å². The standard InChI is InChI=1S/C19H22FN3O2/c1-3-4-12(21)11-25-14-8-16(20)15-7-13(23-17(15)9-14)10-22-18(24)19(2)5-6-19/h3-4,7-9,21,23H,5-6,10-11H2,1-2H3,(H,22,24)/b4-3-,21-12?. The fraction of sp³-hybridized carbons (Fsp3) is 0.368. The Bertz CT molecular complexity index is 850. The van der Waals surface area contributed by atoms with Crippen molar-refractivity contribution in [2.75, 3.05) is 6.61 Å². The molecule has 0 saturated heterocycles. The second-order valence-electron chi connectivity index (χ2n) is 6.72. The third kappa shape index (κ3) is 3.90. The van der Waals surface area contributed by atoms with Crippen molar-refractivity contribution in [2.45, 2.75) is 33.2 Å². The summed E-state index contributed by atoms with van der Waals surface area (Å²) in [7, 11) is 0. The van der Waals surface area contributed by atoms with Crippen LogP contribution in [0.5, 0.6) is 5.75 Å². The van der Waals surface area contributed by atoms with Crippen LogP contribution in [0, 0.1) is 16.6 Å². The first-order chi connectivity index (χ1) is 11.9. The van der Waals surface area contributed by atoms with Gasteiger partial charge in [-0.05, 0) is 31.9 Å². The molecule has 0 radical (unpaired) electrons. The smallest absolute Gasteiger partial charge is 0.226 e. The fourth-order valence-electron chi connectivity index (χ4n) is 2.62. The van der Waals surface area contributed by atoms with Gasteiger partial charge in [0.05, 0.1) is 17.8 Å². The highest BCUT2D eigenvalue weighted by Gasteiger charge is 2.44. The molecule has 1 aromatic carbocycles. The van der Waals surface area contributed by atoms with Crippen molar-refractivity contribution >= 4 is 22.5 Å². The Labute approximate surface area is 145 Å². The Kier molecular flexibility index (Phi) is 4.61. The van der Waals surface area contributed by atoms with E-state index in [0.29, 0.717) is 28.9 Å². The number of allylic oxidation sites excluding steroid dienone is 1. The zero-order valence-corrected chi connectivity index (χ0v) is 14.4. The van der Waals surface area contributed by atoms with Crippen LogP contribution in [0.15, 0.2) is 30.4 Å². The molecule has 3 N–H and O–H groups in total. The quantitative estimate of drug-likeness (QED) is 0.670. The molecule has 1 heterocycles. The predicted octanol–water partition coefficient (Wildman–Crippen LogP) is 3.70. The molecule has 0 spiro atoms. The van der Waals surface area contributed by atoms with Crippen molar-refractivity contribution in [2.24, 2.45) is 5.41 Å². The van der Waals surface area contributed by atoms with Gasteiger partial charge in [-0.15, -0.1) is 0 Å². The number of hydrogen-bond donors (Lipinski definition) is 3. The second kappa shape index (κ2) is 6.70. The summed E-state index contributed by atoms with van der Waals surface area (Å²) in [5.41, 5.74) is 1.43. The number of nitrogens with one attached hydrogen (secondary N) is 3. The lowest BCUT2D eigenvalue weighted by Crippen LogP contribution is -2.29. The van der Waals surface area contributed by atoms with Crippen LogP contribution in [0.25, 0.3) is 10.9 Å². The summed E-state index contributed by atoms with van der Waals surface area (Å²) in [6.45, 7) is 4.19. The van der Waals surface area contributed by atoms with Crippen molar-refractivity contribution in [3.8, 4) is 5.75 Å². The zero-order chi connectivity index (χ0) is 18.0. The molecule has 25 heavy (non-hydrogen) atoms. The van der Waals surface area contributed by atoms with Gasteiger partial charge in [0.2, 0.25) is 5.91 Å². The van der Waals surface area contributed by atoms with Gasteiger partial charge in [0, 0.05) is 28.6 Å². The number of rotatable bonds is 7. The third-order valence-corrected chi connectivity index (χ3v) is 4.47. The van der Waals surface area contributed by atoms with Crippen LogP contribution in [0.4, 0.5) is 4.39 Å². The second-order valence-corrected chi connectivity index (χ2v) is 6.72. The highest BCUT2D eigenvalue weighted by Crippen LogP contribution is 2.45. The number of fused-ring (bicyclic) bond motifs is 1. The average Bonchev–Trinajstić information content (AvgIpc) is 3.18. The Morgan fingerprint density at radius 3 is 2.88 bits per heavy atom. The molecule has 1 aliphatic carbocycles. The minimum atomic E-state index is -0.395. The summed E-state index contributed by atoms with van der Waals surface area (Å²) >= 11 is 0. The van der Waals surface area contributed by atoms with E-state index in [4.69, 9.17) is 10.1 Å². The highest BCUT2D eigenvalue weighted by atomic mass is 19.1. The predicted molar refractivity (Wildman–Crippen MR) is 95.5 cm³/mol. The van der Waals surface area contributed by atoms with Gasteiger partial charge in [-0.2, -0.15) is 0 Å². The lowest BCUT2D eigenvalue weighted by atomic mass is 10.1. The molecule has 1 amide bonds. The molecule has 6 heteroatoms. The number of ether oxygens (including phenoxy) is 1. The van der Waals surface area contributed by atoms with Crippen LogP contribution < -0.4 is 10.1 Å². The number of hydrogen-bond acceptors (Lipinski definition) is 3. The van der Waals surface area contributed by atoms with Gasteiger partial charge in [-0.25, -0.2) is 4.39 Å². The molecule has 0 bridgehead atoms. The number of halogens is 1. The topological polar surface area (TPSA) is 78.0 Å². The summed E-state index contributed by atoms with van der Waals surface area (Å²) in [5.74, 6) is 0.00775. The minimum Gasteiger partial charge on any atom is -0.487 e. The van der Waals surface area contributed by atoms with Crippen molar-refractivity contribution in [3.05, 3.63) is 41.9 Å². The number of amides is 1. The van der Waals surface area contributed by atoms with E-state index in [9.17, 15) is 9.18 Å². The fourth-order valence-corrected chi connectivity index (χ4v) is 2.62. The Morgan fingerprint density at radius 2 is 2.20 bits per heavy atom. The number of aromatic nitrogens is 1. The molecule has 0 atom stereocenters. The molecule has 1 aliphatic rings. The van der Waals surface area contributed by atoms with Crippen molar-refractivity contribution in [1.82, 2.24) is 10.3 Å². The first-order valence-electron chi connectivity index (χ1n) is 8.34. The van der Waals surface area contributed by atoms with Gasteiger partial charge in [-0.3, -0.25) is 4.79 Å². The van der Waals surface area contributed by atoms with E-state index in [2.05, 4.69) is 10.3 Å². The van der Waals surface area contributed by atoms with Gasteiger partial charge in [0.15, 0.2) is 0 Å². The van der Waals surface area contributed by atoms with E-state index >= 15 is 0 Å². The Hall–Kier alpha value is -2.63. The van der Waals surface area contributed by atoms with E-state index in [1.807, 2.05) is 13.8 Å². The van der Waals surface area contributed by atoms with Crippen molar-refractivity contribution in [1.29, 1.82) is 5.41 Å². The third-order valence-electron chi connectivity index (χ3n) is 4.47. The molecule has 1 saturated carbocycles. The maximum Gasteiger partial charge on any atom is 0.226 e. The average molecular weight is 343 g/mol. The zero-order valence-electron chi connectivity index (χ0n) is 14.4. The lowest BCUT2D eigenvalue weighted by molar-refractivity contribution is -0.125. The number of H-pyrrole nitrogens is 1. The summed E-state index contributed by atoms with van der Waals surface area (Å²) in [6, 6.07) is 4.72. The maximum atomic E-state index is 14.3. The van der Waals surface area contributed by atoms with E-state index in [1.165, 1.54) is 6.07 Å². The maximum absolute atomic E-state index is 14.3. The highest BCUT2D eigenvalue weighted by molar-refractivity contribution is 5.93. The molecule has 1 aromatic heterocycles. The largest absolute Gasteiger partial charge is 0.487 e. The van der Waals surface area contributed by atoms with E-state index in [-0.39, 0.29) is 17.9 Å². The van der Waals surface area contributed by atoms with Crippen molar-refractivity contribution < 1.29 is 13.9 Å². The van der Waals surface area contributed by atoms with Crippen LogP contribution >= 0.6 is 0 Å². The lowest BCUT2D eigenvalue weighted by Gasteiger charge is -2.08. The van der Waals surface area contributed by atoms with Gasteiger partial charge in [-0.1, -0.05) is 13.0 Å². The summed E-state index contributed by atoms with van der Waals surface area (Å²) in [6.07, 6.45) is 5.22.